The standard InChI is InChI=1S/C12H27N3O/c1-12(2,16-4)9-11(10-13)15-7-5-14(3)6-8-15/h11H,5-10,13H2,1-4H3. The molecule has 2 N–H and O–H groups in total. The summed E-state index contributed by atoms with van der Waals surface area (Å²) in [5.74, 6) is 0. The maximum Gasteiger partial charge on any atom is 0.0638 e. The molecule has 0 radical (unpaired) electrons. The van der Waals surface area contributed by atoms with Crippen molar-refractivity contribution >= 4 is 0 Å². The highest BCUT2D eigenvalue weighted by molar-refractivity contribution is 4.84. The lowest BCUT2D eigenvalue weighted by Crippen LogP contribution is -2.53. The van der Waals surface area contributed by atoms with Gasteiger partial charge >= 0.3 is 0 Å². The van der Waals surface area contributed by atoms with Crippen LogP contribution in [0.15, 0.2) is 0 Å². The average Bonchev–Trinajstić information content (AvgIpc) is 2.27. The van der Waals surface area contributed by atoms with Gasteiger partial charge in [0, 0.05) is 45.9 Å². The van der Waals surface area contributed by atoms with E-state index in [1.807, 2.05) is 0 Å². The molecule has 0 aromatic heterocycles. The zero-order valence-electron chi connectivity index (χ0n) is 11.2. The van der Waals surface area contributed by atoms with Crippen LogP contribution in [0, 0.1) is 0 Å². The molecule has 4 heteroatoms. The lowest BCUT2D eigenvalue weighted by molar-refractivity contribution is -0.0134. The fraction of sp³-hybridized carbons (Fsp3) is 1.00. The van der Waals surface area contributed by atoms with E-state index in [4.69, 9.17) is 10.5 Å². The Kier molecular flexibility index (Phi) is 5.18. The van der Waals surface area contributed by atoms with Crippen molar-refractivity contribution in [3.8, 4) is 0 Å². The van der Waals surface area contributed by atoms with Crippen LogP contribution in [0.1, 0.15) is 20.3 Å². The second-order valence-corrected chi connectivity index (χ2v) is 5.40. The molecular weight excluding hydrogens is 202 g/mol. The van der Waals surface area contributed by atoms with Gasteiger partial charge < -0.3 is 15.4 Å². The molecule has 1 fully saturated rings. The molecule has 1 heterocycles. The Labute approximate surface area is 99.7 Å². The Morgan fingerprint density at radius 3 is 2.25 bits per heavy atom. The number of likely N-dealkylation sites (N-methyl/N-ethyl adjacent to an activating group) is 1. The quantitative estimate of drug-likeness (QED) is 0.740. The molecule has 0 aliphatic carbocycles. The lowest BCUT2D eigenvalue weighted by atomic mass is 9.97. The topological polar surface area (TPSA) is 41.7 Å². The van der Waals surface area contributed by atoms with E-state index in [-0.39, 0.29) is 5.60 Å². The van der Waals surface area contributed by atoms with Gasteiger partial charge in [-0.1, -0.05) is 0 Å². The second kappa shape index (κ2) is 5.96. The third kappa shape index (κ3) is 4.01. The molecular formula is C12H27N3O. The van der Waals surface area contributed by atoms with Crippen molar-refractivity contribution in [3.05, 3.63) is 0 Å². The number of ether oxygens (including phenoxy) is 1. The van der Waals surface area contributed by atoms with Gasteiger partial charge in [-0.05, 0) is 27.3 Å². The van der Waals surface area contributed by atoms with Crippen LogP contribution in [0.5, 0.6) is 0 Å². The van der Waals surface area contributed by atoms with Gasteiger partial charge in [-0.2, -0.15) is 0 Å². The molecule has 0 bridgehead atoms. The minimum absolute atomic E-state index is 0.0760. The van der Waals surface area contributed by atoms with Crippen LogP contribution in [0.2, 0.25) is 0 Å². The van der Waals surface area contributed by atoms with E-state index in [9.17, 15) is 0 Å². The molecule has 96 valence electrons. The summed E-state index contributed by atoms with van der Waals surface area (Å²) in [5, 5.41) is 0. The van der Waals surface area contributed by atoms with Crippen molar-refractivity contribution in [1.82, 2.24) is 9.80 Å². The van der Waals surface area contributed by atoms with Crippen molar-refractivity contribution in [2.45, 2.75) is 31.9 Å². The first kappa shape index (κ1) is 13.9. The van der Waals surface area contributed by atoms with Gasteiger partial charge in [-0.25, -0.2) is 0 Å². The van der Waals surface area contributed by atoms with Gasteiger partial charge in [-0.15, -0.1) is 0 Å². The second-order valence-electron chi connectivity index (χ2n) is 5.40. The van der Waals surface area contributed by atoms with Crippen LogP contribution in [0.4, 0.5) is 0 Å². The Morgan fingerprint density at radius 2 is 1.81 bits per heavy atom. The first-order valence-electron chi connectivity index (χ1n) is 6.16. The number of nitrogens with two attached hydrogens (primary N) is 1. The maximum absolute atomic E-state index is 5.89. The van der Waals surface area contributed by atoms with Gasteiger partial charge in [0.15, 0.2) is 0 Å². The number of methoxy groups -OCH3 is 1. The highest BCUT2D eigenvalue weighted by atomic mass is 16.5. The van der Waals surface area contributed by atoms with Gasteiger partial charge in [0.05, 0.1) is 5.60 Å². The van der Waals surface area contributed by atoms with Crippen molar-refractivity contribution in [2.75, 3.05) is 46.9 Å². The SMILES string of the molecule is COC(C)(C)CC(CN)N1CCN(C)CC1. The first-order chi connectivity index (χ1) is 7.48. The van der Waals surface area contributed by atoms with Gasteiger partial charge in [0.1, 0.15) is 0 Å². The molecule has 0 amide bonds. The summed E-state index contributed by atoms with van der Waals surface area (Å²) < 4.78 is 5.49. The van der Waals surface area contributed by atoms with Crippen LogP contribution in [0.25, 0.3) is 0 Å². The van der Waals surface area contributed by atoms with E-state index in [0.717, 1.165) is 39.1 Å². The van der Waals surface area contributed by atoms with E-state index in [0.29, 0.717) is 6.04 Å². The van der Waals surface area contributed by atoms with E-state index >= 15 is 0 Å². The molecule has 1 aliphatic rings. The summed E-state index contributed by atoms with van der Waals surface area (Å²) in [4.78, 5) is 4.87. The highest BCUT2D eigenvalue weighted by Crippen LogP contribution is 2.19. The fourth-order valence-electron chi connectivity index (χ4n) is 2.20. The molecule has 4 nitrogen and oxygen atoms in total. The predicted molar refractivity (Wildman–Crippen MR) is 67.6 cm³/mol. The van der Waals surface area contributed by atoms with Crippen molar-refractivity contribution < 1.29 is 4.74 Å². The van der Waals surface area contributed by atoms with Crippen LogP contribution in [0.3, 0.4) is 0 Å². The molecule has 0 aromatic carbocycles. The Hall–Kier alpha value is -0.160. The van der Waals surface area contributed by atoms with E-state index < -0.39 is 0 Å². The number of rotatable bonds is 5. The molecule has 1 saturated heterocycles. The zero-order chi connectivity index (χ0) is 12.2. The van der Waals surface area contributed by atoms with Crippen LogP contribution in [-0.2, 0) is 4.74 Å². The monoisotopic (exact) mass is 229 g/mol. The first-order valence-corrected chi connectivity index (χ1v) is 6.16. The lowest BCUT2D eigenvalue weighted by Gasteiger charge is -2.40. The van der Waals surface area contributed by atoms with Crippen molar-refractivity contribution in [2.24, 2.45) is 5.73 Å². The Morgan fingerprint density at radius 1 is 1.25 bits per heavy atom. The highest BCUT2D eigenvalue weighted by Gasteiger charge is 2.27. The Bertz CT molecular complexity index is 200. The van der Waals surface area contributed by atoms with E-state index in [2.05, 4.69) is 30.7 Å². The third-order valence-electron chi connectivity index (χ3n) is 3.61. The summed E-state index contributed by atoms with van der Waals surface area (Å²) in [6, 6.07) is 0.448. The number of hydrogen-bond acceptors (Lipinski definition) is 4. The number of nitrogens with zero attached hydrogens (tertiary/aromatic N) is 2. The molecule has 0 saturated carbocycles. The van der Waals surface area contributed by atoms with Crippen LogP contribution >= 0.6 is 0 Å². The number of piperazine rings is 1. The van der Waals surface area contributed by atoms with Gasteiger partial charge in [-0.3, -0.25) is 4.90 Å². The van der Waals surface area contributed by atoms with Crippen LogP contribution < -0.4 is 5.73 Å². The Balaban J connectivity index is 2.47. The maximum atomic E-state index is 5.89. The van der Waals surface area contributed by atoms with Crippen LogP contribution in [-0.4, -0.2) is 68.3 Å². The third-order valence-corrected chi connectivity index (χ3v) is 3.61. The average molecular weight is 229 g/mol. The summed E-state index contributed by atoms with van der Waals surface area (Å²) in [6.07, 6.45) is 1.00. The van der Waals surface area contributed by atoms with Gasteiger partial charge in [0.25, 0.3) is 0 Å². The minimum Gasteiger partial charge on any atom is -0.379 e. The summed E-state index contributed by atoms with van der Waals surface area (Å²) in [6.45, 7) is 9.51. The molecule has 0 spiro atoms. The summed E-state index contributed by atoms with van der Waals surface area (Å²) >= 11 is 0. The molecule has 0 aromatic rings. The van der Waals surface area contributed by atoms with Crippen molar-refractivity contribution in [3.63, 3.8) is 0 Å². The smallest absolute Gasteiger partial charge is 0.0638 e. The molecule has 1 unspecified atom stereocenters. The van der Waals surface area contributed by atoms with E-state index in [1.165, 1.54) is 0 Å². The molecule has 1 aliphatic heterocycles. The largest absolute Gasteiger partial charge is 0.379 e. The molecule has 1 rings (SSSR count). The summed E-state index contributed by atoms with van der Waals surface area (Å²) in [5.41, 5.74) is 5.81. The number of hydrogen-bond donors (Lipinski definition) is 1. The minimum atomic E-state index is -0.0760. The van der Waals surface area contributed by atoms with Gasteiger partial charge in [0.2, 0.25) is 0 Å². The molecule has 16 heavy (non-hydrogen) atoms. The normalized spacial score (nSPS) is 22.3. The zero-order valence-corrected chi connectivity index (χ0v) is 11.2. The predicted octanol–water partition coefficient (Wildman–Crippen LogP) is 0.376. The molecule has 1 atom stereocenters. The van der Waals surface area contributed by atoms with E-state index in [1.54, 1.807) is 7.11 Å². The summed E-state index contributed by atoms with van der Waals surface area (Å²) in [7, 11) is 3.95. The van der Waals surface area contributed by atoms with Crippen molar-refractivity contribution in [1.29, 1.82) is 0 Å². The fourth-order valence-corrected chi connectivity index (χ4v) is 2.20.